The Balaban J connectivity index is 1.96. The molecule has 144 valence electrons. The summed E-state index contributed by atoms with van der Waals surface area (Å²) in [5.41, 5.74) is -3.82. The van der Waals surface area contributed by atoms with Crippen molar-refractivity contribution in [3.63, 3.8) is 0 Å². The summed E-state index contributed by atoms with van der Waals surface area (Å²) >= 11 is 0. The van der Waals surface area contributed by atoms with Crippen molar-refractivity contribution in [2.75, 3.05) is 25.0 Å². The smallest absolute Gasteiger partial charge is 0.369 e. The topological polar surface area (TPSA) is 69.3 Å². The van der Waals surface area contributed by atoms with Gasteiger partial charge in [-0.15, -0.1) is 0 Å². The van der Waals surface area contributed by atoms with Crippen LogP contribution in [-0.2, 0) is 10.0 Å². The Bertz CT molecular complexity index is 896. The van der Waals surface area contributed by atoms with E-state index in [0.717, 1.165) is 11.1 Å². The minimum Gasteiger partial charge on any atom is -0.369 e. The largest absolute Gasteiger partial charge is 0.511 e. The number of likely N-dealkylation sites (N-methyl/N-ethyl adjacent to an activating group) is 1. The molecule has 0 aromatic carbocycles. The van der Waals surface area contributed by atoms with Gasteiger partial charge in [0.1, 0.15) is 5.65 Å². The van der Waals surface area contributed by atoms with Gasteiger partial charge in [0.05, 0.1) is 0 Å². The fourth-order valence-corrected chi connectivity index (χ4v) is 4.64. The average Bonchev–Trinajstić information content (AvgIpc) is 3.04. The van der Waals surface area contributed by atoms with E-state index in [0.29, 0.717) is 9.95 Å². The standard InChI is InChI=1S/C16H21F3N4O2S/c1-10-8-23(26(24,25)16(17,18)19)9-14(11(10)2)22(3)13-5-7-21-15-12(13)4-6-20-15/h4-7,10-11,14H,8-9H2,1-3H3,(H,20,21)/t10?,11-,14+/m1/s1. The highest BCUT2D eigenvalue weighted by Crippen LogP contribution is 2.36. The lowest BCUT2D eigenvalue weighted by Gasteiger charge is -2.45. The van der Waals surface area contributed by atoms with Crippen LogP contribution in [0.4, 0.5) is 18.9 Å². The number of alkyl halides is 3. The van der Waals surface area contributed by atoms with Crippen LogP contribution in [0.15, 0.2) is 24.5 Å². The Morgan fingerprint density at radius 3 is 2.62 bits per heavy atom. The Morgan fingerprint density at radius 1 is 1.27 bits per heavy atom. The van der Waals surface area contributed by atoms with Gasteiger partial charge in [-0.2, -0.15) is 17.5 Å². The van der Waals surface area contributed by atoms with Crippen LogP contribution in [0.5, 0.6) is 0 Å². The highest BCUT2D eigenvalue weighted by Gasteiger charge is 2.52. The maximum atomic E-state index is 13.0. The molecule has 0 spiro atoms. The number of pyridine rings is 1. The molecule has 2 aromatic rings. The van der Waals surface area contributed by atoms with Gasteiger partial charge in [-0.1, -0.05) is 13.8 Å². The summed E-state index contributed by atoms with van der Waals surface area (Å²) in [5, 5.41) is 0.839. The molecule has 1 N–H and O–H groups in total. The molecular formula is C16H21F3N4O2S. The number of nitrogens with one attached hydrogen (secondary N) is 1. The summed E-state index contributed by atoms with van der Waals surface area (Å²) < 4.78 is 63.4. The van der Waals surface area contributed by atoms with Gasteiger partial charge >= 0.3 is 15.5 Å². The number of piperidine rings is 1. The van der Waals surface area contributed by atoms with Gasteiger partial charge in [-0.25, -0.2) is 13.4 Å². The summed E-state index contributed by atoms with van der Waals surface area (Å²) in [5.74, 6) is -0.196. The zero-order valence-corrected chi connectivity index (χ0v) is 15.5. The van der Waals surface area contributed by atoms with E-state index < -0.39 is 21.6 Å². The van der Waals surface area contributed by atoms with Crippen LogP contribution < -0.4 is 4.90 Å². The third-order valence-corrected chi connectivity index (χ3v) is 6.90. The molecule has 2 aromatic heterocycles. The van der Waals surface area contributed by atoms with E-state index in [9.17, 15) is 21.6 Å². The highest BCUT2D eigenvalue weighted by atomic mass is 32.2. The normalized spacial score (nSPS) is 25.5. The molecule has 0 bridgehead atoms. The Labute approximate surface area is 150 Å². The molecule has 1 saturated heterocycles. The van der Waals surface area contributed by atoms with Crippen molar-refractivity contribution in [2.45, 2.75) is 25.4 Å². The predicted octanol–water partition coefficient (Wildman–Crippen LogP) is 2.81. The van der Waals surface area contributed by atoms with Gasteiger partial charge in [0.2, 0.25) is 0 Å². The molecule has 1 unspecified atom stereocenters. The van der Waals surface area contributed by atoms with Crippen LogP contribution in [0, 0.1) is 11.8 Å². The van der Waals surface area contributed by atoms with E-state index in [2.05, 4.69) is 9.97 Å². The van der Waals surface area contributed by atoms with Crippen LogP contribution in [0.25, 0.3) is 11.0 Å². The average molecular weight is 390 g/mol. The summed E-state index contributed by atoms with van der Waals surface area (Å²) in [7, 11) is -3.57. The summed E-state index contributed by atoms with van der Waals surface area (Å²) in [6.45, 7) is 3.38. The Kier molecular flexibility index (Phi) is 4.68. The molecule has 0 radical (unpaired) electrons. The van der Waals surface area contributed by atoms with Crippen molar-refractivity contribution in [1.82, 2.24) is 14.3 Å². The third kappa shape index (κ3) is 3.05. The molecular weight excluding hydrogens is 369 g/mol. The third-order valence-electron chi connectivity index (χ3n) is 5.33. The molecule has 26 heavy (non-hydrogen) atoms. The second-order valence-electron chi connectivity index (χ2n) is 6.85. The van der Waals surface area contributed by atoms with Crippen molar-refractivity contribution < 1.29 is 21.6 Å². The van der Waals surface area contributed by atoms with Gasteiger partial charge in [-0.3, -0.25) is 0 Å². The molecule has 10 heteroatoms. The van der Waals surface area contributed by atoms with Crippen molar-refractivity contribution in [1.29, 1.82) is 0 Å². The van der Waals surface area contributed by atoms with Crippen molar-refractivity contribution in [3.8, 4) is 0 Å². The molecule has 0 amide bonds. The van der Waals surface area contributed by atoms with Gasteiger partial charge in [0.25, 0.3) is 0 Å². The van der Waals surface area contributed by atoms with E-state index in [1.807, 2.05) is 17.9 Å². The second kappa shape index (κ2) is 6.41. The number of hydrogen-bond donors (Lipinski definition) is 1. The fourth-order valence-electron chi connectivity index (χ4n) is 3.57. The minimum absolute atomic E-state index is 0.0156. The number of fused-ring (bicyclic) bond motifs is 1. The molecule has 3 atom stereocenters. The van der Waals surface area contributed by atoms with Gasteiger partial charge in [0, 0.05) is 49.6 Å². The number of H-pyrrole nitrogens is 1. The lowest BCUT2D eigenvalue weighted by molar-refractivity contribution is -0.0506. The summed E-state index contributed by atoms with van der Waals surface area (Å²) in [6.07, 6.45) is 3.36. The number of aromatic nitrogens is 2. The molecule has 0 aliphatic carbocycles. The number of sulfonamides is 1. The molecule has 3 rings (SSSR count). The Morgan fingerprint density at radius 2 is 1.96 bits per heavy atom. The van der Waals surface area contributed by atoms with Crippen molar-refractivity contribution >= 4 is 26.7 Å². The molecule has 1 aliphatic heterocycles. The molecule has 3 heterocycles. The maximum Gasteiger partial charge on any atom is 0.511 e. The van der Waals surface area contributed by atoms with Crippen LogP contribution in [-0.4, -0.2) is 54.4 Å². The molecule has 1 aliphatic rings. The van der Waals surface area contributed by atoms with Gasteiger partial charge < -0.3 is 9.88 Å². The zero-order chi connectivity index (χ0) is 19.3. The van der Waals surface area contributed by atoms with E-state index in [4.69, 9.17) is 0 Å². The molecule has 0 saturated carbocycles. The predicted molar refractivity (Wildman–Crippen MR) is 93.2 cm³/mol. The first kappa shape index (κ1) is 19.0. The number of hydrogen-bond acceptors (Lipinski definition) is 4. The number of halogens is 3. The number of anilines is 1. The van der Waals surface area contributed by atoms with Crippen molar-refractivity contribution in [2.24, 2.45) is 11.8 Å². The quantitative estimate of drug-likeness (QED) is 0.875. The first-order valence-electron chi connectivity index (χ1n) is 8.25. The number of aromatic amines is 1. The number of nitrogens with zero attached hydrogens (tertiary/aromatic N) is 3. The van der Waals surface area contributed by atoms with E-state index >= 15 is 0 Å². The first-order chi connectivity index (χ1) is 12.0. The maximum absolute atomic E-state index is 13.0. The van der Waals surface area contributed by atoms with Crippen LogP contribution >= 0.6 is 0 Å². The van der Waals surface area contributed by atoms with Gasteiger partial charge in [-0.05, 0) is 24.0 Å². The summed E-state index contributed by atoms with van der Waals surface area (Å²) in [6, 6.07) is 3.23. The second-order valence-corrected chi connectivity index (χ2v) is 8.78. The summed E-state index contributed by atoms with van der Waals surface area (Å²) in [4.78, 5) is 9.07. The molecule has 1 fully saturated rings. The van der Waals surface area contributed by atoms with Crippen LogP contribution in [0.2, 0.25) is 0 Å². The minimum atomic E-state index is -5.35. The van der Waals surface area contributed by atoms with E-state index in [1.54, 1.807) is 32.4 Å². The number of rotatable bonds is 3. The fraction of sp³-hybridized carbons (Fsp3) is 0.562. The highest BCUT2D eigenvalue weighted by molar-refractivity contribution is 7.90. The lowest BCUT2D eigenvalue weighted by Crippen LogP contribution is -2.57. The zero-order valence-electron chi connectivity index (χ0n) is 14.7. The van der Waals surface area contributed by atoms with Crippen LogP contribution in [0.3, 0.4) is 0 Å². The van der Waals surface area contributed by atoms with Crippen molar-refractivity contribution in [3.05, 3.63) is 24.5 Å². The lowest BCUT2D eigenvalue weighted by atomic mass is 9.84. The SMILES string of the molecule is CC1CN(S(=O)(=O)C(F)(F)F)C[C@H](N(C)c2ccnc3[nH]ccc23)[C@@H]1C. The first-order valence-corrected chi connectivity index (χ1v) is 9.69. The van der Waals surface area contributed by atoms with Crippen LogP contribution in [0.1, 0.15) is 13.8 Å². The van der Waals surface area contributed by atoms with E-state index in [1.165, 1.54) is 0 Å². The van der Waals surface area contributed by atoms with Gasteiger partial charge in [0.15, 0.2) is 0 Å². The Hall–Kier alpha value is -1.81. The van der Waals surface area contributed by atoms with E-state index in [-0.39, 0.29) is 24.9 Å². The molecule has 6 nitrogen and oxygen atoms in total. The monoisotopic (exact) mass is 390 g/mol.